The van der Waals surface area contributed by atoms with Gasteiger partial charge >= 0.3 is 0 Å². The minimum Gasteiger partial charge on any atom is -0.496 e. The lowest BCUT2D eigenvalue weighted by molar-refractivity contribution is 0.0852. The van der Waals surface area contributed by atoms with Gasteiger partial charge in [0.05, 0.1) is 7.11 Å². The van der Waals surface area contributed by atoms with E-state index in [0.717, 1.165) is 56.6 Å². The number of aliphatic imine (C=N–C) groups is 1. The topological polar surface area (TPSA) is 47.9 Å². The number of ether oxygens (including phenoxy) is 2. The van der Waals surface area contributed by atoms with Crippen LogP contribution >= 0.6 is 0 Å². The van der Waals surface area contributed by atoms with E-state index in [-0.39, 0.29) is 0 Å². The van der Waals surface area contributed by atoms with Crippen molar-refractivity contribution in [3.05, 3.63) is 29.3 Å². The van der Waals surface area contributed by atoms with E-state index in [4.69, 9.17) is 9.47 Å². The Hall–Kier alpha value is -1.64. The Labute approximate surface area is 125 Å². The summed E-state index contributed by atoms with van der Waals surface area (Å²) in [6, 6.07) is 6.34. The van der Waals surface area contributed by atoms with Crippen LogP contribution in [-0.4, -0.2) is 26.4 Å². The minimum absolute atomic E-state index is 0.408. The third-order valence-corrected chi connectivity index (χ3v) is 4.86. The van der Waals surface area contributed by atoms with Gasteiger partial charge in [-0.15, -0.1) is 0 Å². The summed E-state index contributed by atoms with van der Waals surface area (Å²) in [5, 5.41) is 0. The molecule has 0 radical (unpaired) electrons. The third-order valence-electron chi connectivity index (χ3n) is 4.86. The Bertz CT molecular complexity index is 553. The maximum absolute atomic E-state index is 10.8. The van der Waals surface area contributed by atoms with Crippen molar-refractivity contribution in [2.45, 2.75) is 43.6 Å². The van der Waals surface area contributed by atoms with Crippen LogP contribution in [0.5, 0.6) is 5.75 Å². The van der Waals surface area contributed by atoms with Crippen LogP contribution in [0.25, 0.3) is 0 Å². The second-order valence-electron chi connectivity index (χ2n) is 5.93. The maximum Gasteiger partial charge on any atom is 0.235 e. The zero-order chi connectivity index (χ0) is 14.7. The number of hydrogen-bond acceptors (Lipinski definition) is 4. The van der Waals surface area contributed by atoms with Gasteiger partial charge in [-0.3, -0.25) is 0 Å². The molecule has 1 aliphatic carbocycles. The highest BCUT2D eigenvalue weighted by Gasteiger charge is 2.41. The fourth-order valence-electron chi connectivity index (χ4n) is 3.41. The number of rotatable bonds is 4. The molecular formula is C17H21NO3. The molecular weight excluding hydrogens is 266 g/mol. The summed E-state index contributed by atoms with van der Waals surface area (Å²) < 4.78 is 10.9. The molecule has 0 bridgehead atoms. The largest absolute Gasteiger partial charge is 0.496 e. The molecule has 3 rings (SSSR count). The fourth-order valence-corrected chi connectivity index (χ4v) is 3.41. The Morgan fingerprint density at radius 3 is 2.67 bits per heavy atom. The molecule has 1 saturated carbocycles. The molecule has 2 aliphatic rings. The van der Waals surface area contributed by atoms with Crippen molar-refractivity contribution < 1.29 is 14.3 Å². The predicted octanol–water partition coefficient (Wildman–Crippen LogP) is 3.30. The van der Waals surface area contributed by atoms with Gasteiger partial charge in [0.25, 0.3) is 0 Å². The number of nitrogens with zero attached hydrogens (tertiary/aromatic N) is 1. The number of carbonyl (C=O) groups excluding carboxylic acids is 1. The number of methoxy groups -OCH3 is 1. The molecule has 1 aliphatic heterocycles. The van der Waals surface area contributed by atoms with Crippen LogP contribution in [0.2, 0.25) is 0 Å². The van der Waals surface area contributed by atoms with Crippen molar-refractivity contribution in [3.63, 3.8) is 0 Å². The van der Waals surface area contributed by atoms with E-state index in [1.54, 1.807) is 13.2 Å². The van der Waals surface area contributed by atoms with E-state index in [1.807, 2.05) is 6.07 Å². The Balaban J connectivity index is 1.99. The molecule has 0 spiro atoms. The highest BCUT2D eigenvalue weighted by atomic mass is 16.5. The molecule has 112 valence electrons. The summed E-state index contributed by atoms with van der Waals surface area (Å²) in [7, 11) is 1.67. The van der Waals surface area contributed by atoms with Crippen molar-refractivity contribution >= 4 is 6.08 Å². The fraction of sp³-hybridized carbons (Fsp3) is 0.588. The summed E-state index contributed by atoms with van der Waals surface area (Å²) in [5.74, 6) is 1.35. The van der Waals surface area contributed by atoms with Crippen LogP contribution < -0.4 is 4.74 Å². The van der Waals surface area contributed by atoms with Gasteiger partial charge < -0.3 is 9.47 Å². The first-order valence-corrected chi connectivity index (χ1v) is 7.64. The van der Waals surface area contributed by atoms with Crippen LogP contribution in [-0.2, 0) is 15.1 Å². The number of hydrogen-bond donors (Lipinski definition) is 0. The molecule has 1 heterocycles. The van der Waals surface area contributed by atoms with Crippen LogP contribution in [0, 0.1) is 0 Å². The van der Waals surface area contributed by atoms with Crippen LogP contribution in [0.1, 0.15) is 49.1 Å². The minimum atomic E-state index is -0.408. The van der Waals surface area contributed by atoms with E-state index >= 15 is 0 Å². The zero-order valence-corrected chi connectivity index (χ0v) is 12.4. The molecule has 21 heavy (non-hydrogen) atoms. The molecule has 4 heteroatoms. The summed E-state index contributed by atoms with van der Waals surface area (Å²) in [6.45, 7) is 1.65. The average Bonchev–Trinajstić information content (AvgIpc) is 2.51. The first-order valence-electron chi connectivity index (χ1n) is 7.64. The van der Waals surface area contributed by atoms with Gasteiger partial charge in [-0.2, -0.15) is 4.99 Å². The molecule has 0 unspecified atom stereocenters. The molecule has 0 aromatic heterocycles. The smallest absolute Gasteiger partial charge is 0.235 e. The summed E-state index contributed by atoms with van der Waals surface area (Å²) in [6.07, 6.45) is 6.75. The maximum atomic E-state index is 10.8. The molecule has 2 fully saturated rings. The van der Waals surface area contributed by atoms with Crippen molar-refractivity contribution in [1.82, 2.24) is 0 Å². The second-order valence-corrected chi connectivity index (χ2v) is 5.93. The summed E-state index contributed by atoms with van der Waals surface area (Å²) in [4.78, 5) is 14.9. The quantitative estimate of drug-likeness (QED) is 0.630. The Kier molecular flexibility index (Phi) is 4.09. The van der Waals surface area contributed by atoms with E-state index < -0.39 is 5.54 Å². The third kappa shape index (κ3) is 2.61. The van der Waals surface area contributed by atoms with Crippen molar-refractivity contribution in [1.29, 1.82) is 0 Å². The molecule has 1 aromatic carbocycles. The standard InChI is InChI=1S/C17H21NO3/c1-20-16-4-3-14(13-5-9-21-10-6-13)11-15(16)17(18-12-19)7-2-8-17/h3-4,11,13H,2,5-10H2,1H3. The molecule has 4 nitrogen and oxygen atoms in total. The zero-order valence-electron chi connectivity index (χ0n) is 12.4. The Morgan fingerprint density at radius 1 is 1.33 bits per heavy atom. The SMILES string of the molecule is COc1ccc(C2CCOCC2)cc1C1(N=C=O)CCC1. The lowest BCUT2D eigenvalue weighted by Gasteiger charge is -2.38. The normalized spacial score (nSPS) is 21.2. The van der Waals surface area contributed by atoms with E-state index in [9.17, 15) is 4.79 Å². The molecule has 0 atom stereocenters. The van der Waals surface area contributed by atoms with Crippen molar-refractivity contribution in [2.24, 2.45) is 4.99 Å². The molecule has 0 amide bonds. The van der Waals surface area contributed by atoms with Gasteiger partial charge in [-0.1, -0.05) is 6.07 Å². The lowest BCUT2D eigenvalue weighted by atomic mass is 9.71. The van der Waals surface area contributed by atoms with Crippen LogP contribution in [0.3, 0.4) is 0 Å². The predicted molar refractivity (Wildman–Crippen MR) is 79.4 cm³/mol. The van der Waals surface area contributed by atoms with Crippen LogP contribution in [0.4, 0.5) is 0 Å². The molecule has 1 saturated heterocycles. The monoisotopic (exact) mass is 287 g/mol. The highest BCUT2D eigenvalue weighted by Crippen LogP contribution is 2.49. The average molecular weight is 287 g/mol. The van der Waals surface area contributed by atoms with Gasteiger partial charge in [0.2, 0.25) is 6.08 Å². The molecule has 0 N–H and O–H groups in total. The van der Waals surface area contributed by atoms with Gasteiger partial charge in [-0.05, 0) is 55.7 Å². The number of benzene rings is 1. The van der Waals surface area contributed by atoms with E-state index in [0.29, 0.717) is 5.92 Å². The first-order chi connectivity index (χ1) is 10.3. The van der Waals surface area contributed by atoms with E-state index in [1.165, 1.54) is 5.56 Å². The van der Waals surface area contributed by atoms with E-state index in [2.05, 4.69) is 17.1 Å². The van der Waals surface area contributed by atoms with Gasteiger partial charge in [-0.25, -0.2) is 4.79 Å². The number of isocyanates is 1. The molecule has 1 aromatic rings. The highest BCUT2D eigenvalue weighted by molar-refractivity contribution is 5.47. The van der Waals surface area contributed by atoms with Gasteiger partial charge in [0.15, 0.2) is 0 Å². The van der Waals surface area contributed by atoms with Crippen molar-refractivity contribution in [3.8, 4) is 5.75 Å². The second kappa shape index (κ2) is 6.00. The first kappa shape index (κ1) is 14.3. The lowest BCUT2D eigenvalue weighted by Crippen LogP contribution is -2.32. The summed E-state index contributed by atoms with van der Waals surface area (Å²) in [5.41, 5.74) is 1.94. The van der Waals surface area contributed by atoms with Gasteiger partial charge in [0, 0.05) is 18.8 Å². The Morgan fingerprint density at radius 2 is 2.10 bits per heavy atom. The van der Waals surface area contributed by atoms with Crippen LogP contribution in [0.15, 0.2) is 23.2 Å². The summed E-state index contributed by atoms with van der Waals surface area (Å²) >= 11 is 0. The van der Waals surface area contributed by atoms with Gasteiger partial charge in [0.1, 0.15) is 11.3 Å². The van der Waals surface area contributed by atoms with Crippen molar-refractivity contribution in [2.75, 3.05) is 20.3 Å².